The summed E-state index contributed by atoms with van der Waals surface area (Å²) in [5.41, 5.74) is 6.26. The molecule has 1 saturated heterocycles. The van der Waals surface area contributed by atoms with Crippen molar-refractivity contribution in [2.24, 2.45) is 5.73 Å². The van der Waals surface area contributed by atoms with Crippen molar-refractivity contribution in [1.82, 2.24) is 9.88 Å². The van der Waals surface area contributed by atoms with Crippen LogP contribution < -0.4 is 5.73 Å². The summed E-state index contributed by atoms with van der Waals surface area (Å²) < 4.78 is 13.0. The second kappa shape index (κ2) is 8.36. The van der Waals surface area contributed by atoms with Gasteiger partial charge in [-0.2, -0.15) is 0 Å². The van der Waals surface area contributed by atoms with E-state index >= 15 is 0 Å². The average Bonchev–Trinajstić information content (AvgIpc) is 2.84. The van der Waals surface area contributed by atoms with Gasteiger partial charge in [-0.3, -0.25) is 9.78 Å². The number of likely N-dealkylation sites (tertiary alicyclic amines) is 1. The molecule has 5 nitrogen and oxygen atoms in total. The summed E-state index contributed by atoms with van der Waals surface area (Å²) in [5.74, 6) is -0.417. The molecule has 0 bridgehead atoms. The van der Waals surface area contributed by atoms with Gasteiger partial charge in [-0.1, -0.05) is 0 Å². The van der Waals surface area contributed by atoms with Crippen LogP contribution in [0.25, 0.3) is 0 Å². The highest BCUT2D eigenvalue weighted by Crippen LogP contribution is 2.19. The number of hydrogen-bond donors (Lipinski definition) is 2. The Morgan fingerprint density at radius 2 is 2.05 bits per heavy atom. The van der Waals surface area contributed by atoms with Gasteiger partial charge in [-0.25, -0.2) is 4.39 Å². The SMILES string of the molecule is Cl.Cl.N[C@@H](C(=O)N1CC[C@H](F)C1)[C@@H](O)c1ccncc1. The molecule has 1 fully saturated rings. The fraction of sp³-hybridized carbons (Fsp3) is 0.500. The van der Waals surface area contributed by atoms with Crippen LogP contribution in [0.5, 0.6) is 0 Å². The van der Waals surface area contributed by atoms with E-state index in [0.717, 1.165) is 0 Å². The Morgan fingerprint density at radius 3 is 2.55 bits per heavy atom. The number of alkyl halides is 1. The van der Waals surface area contributed by atoms with Gasteiger partial charge in [-0.15, -0.1) is 24.8 Å². The number of rotatable bonds is 3. The van der Waals surface area contributed by atoms with Crippen molar-refractivity contribution in [3.05, 3.63) is 30.1 Å². The normalized spacial score (nSPS) is 20.6. The predicted molar refractivity (Wildman–Crippen MR) is 77.8 cm³/mol. The molecule has 0 spiro atoms. The van der Waals surface area contributed by atoms with Crippen molar-refractivity contribution in [2.45, 2.75) is 24.7 Å². The van der Waals surface area contributed by atoms with Crippen molar-refractivity contribution >= 4 is 30.7 Å². The zero-order chi connectivity index (χ0) is 13.1. The Morgan fingerprint density at radius 1 is 1.45 bits per heavy atom. The zero-order valence-electron chi connectivity index (χ0n) is 10.7. The molecule has 1 amide bonds. The molecule has 114 valence electrons. The van der Waals surface area contributed by atoms with Crippen LogP contribution in [0.3, 0.4) is 0 Å². The van der Waals surface area contributed by atoms with Crippen LogP contribution in [0.4, 0.5) is 4.39 Å². The first kappa shape index (κ1) is 19.1. The topological polar surface area (TPSA) is 79.5 Å². The molecule has 8 heteroatoms. The molecule has 2 rings (SSSR count). The average molecular weight is 326 g/mol. The molecule has 0 aromatic carbocycles. The summed E-state index contributed by atoms with van der Waals surface area (Å²) in [6, 6.07) is 2.12. The Balaban J connectivity index is 0.00000180. The maximum absolute atomic E-state index is 13.0. The molecule has 1 aliphatic heterocycles. The van der Waals surface area contributed by atoms with Gasteiger partial charge in [0.1, 0.15) is 18.3 Å². The summed E-state index contributed by atoms with van der Waals surface area (Å²) in [7, 11) is 0. The van der Waals surface area contributed by atoms with Crippen LogP contribution in [0.2, 0.25) is 0 Å². The van der Waals surface area contributed by atoms with Crippen LogP contribution in [0, 0.1) is 0 Å². The van der Waals surface area contributed by atoms with E-state index in [9.17, 15) is 14.3 Å². The van der Waals surface area contributed by atoms with E-state index in [4.69, 9.17) is 5.73 Å². The smallest absolute Gasteiger partial charge is 0.242 e. The first-order valence-corrected chi connectivity index (χ1v) is 5.86. The standard InChI is InChI=1S/C12H16FN3O2.2ClH/c13-9-3-6-16(7-9)12(18)10(14)11(17)8-1-4-15-5-2-8;;/h1-2,4-5,9-11,17H,3,6-7,14H2;2*1H/t9-,10+,11-;;/m0../s1. The van der Waals surface area contributed by atoms with Crippen molar-refractivity contribution in [2.75, 3.05) is 13.1 Å². The fourth-order valence-electron chi connectivity index (χ4n) is 2.03. The minimum absolute atomic E-state index is 0. The van der Waals surface area contributed by atoms with Gasteiger partial charge in [0.2, 0.25) is 5.91 Å². The second-order valence-electron chi connectivity index (χ2n) is 4.42. The minimum Gasteiger partial charge on any atom is -0.386 e. The van der Waals surface area contributed by atoms with Gasteiger partial charge in [0.05, 0.1) is 6.54 Å². The Kier molecular flexibility index (Phi) is 7.96. The third-order valence-corrected chi connectivity index (χ3v) is 3.12. The van der Waals surface area contributed by atoms with Gasteiger partial charge in [0.15, 0.2) is 0 Å². The van der Waals surface area contributed by atoms with Crippen molar-refractivity contribution in [3.63, 3.8) is 0 Å². The zero-order valence-corrected chi connectivity index (χ0v) is 12.3. The molecule has 1 aliphatic rings. The summed E-state index contributed by atoms with van der Waals surface area (Å²) in [6.07, 6.45) is 1.29. The molecule has 1 aromatic rings. The van der Waals surface area contributed by atoms with Crippen molar-refractivity contribution < 1.29 is 14.3 Å². The molecule has 0 unspecified atom stereocenters. The number of pyridine rings is 1. The highest BCUT2D eigenvalue weighted by atomic mass is 35.5. The van der Waals surface area contributed by atoms with Gasteiger partial charge in [-0.05, 0) is 24.1 Å². The lowest BCUT2D eigenvalue weighted by molar-refractivity contribution is -0.134. The highest BCUT2D eigenvalue weighted by molar-refractivity contribution is 5.85. The summed E-state index contributed by atoms with van der Waals surface area (Å²) >= 11 is 0. The monoisotopic (exact) mass is 325 g/mol. The first-order chi connectivity index (χ1) is 8.59. The number of aliphatic hydroxyl groups excluding tert-OH is 1. The van der Waals surface area contributed by atoms with Gasteiger partial charge in [0, 0.05) is 18.9 Å². The molecule has 20 heavy (non-hydrogen) atoms. The van der Waals surface area contributed by atoms with Gasteiger partial charge in [0.25, 0.3) is 0 Å². The second-order valence-corrected chi connectivity index (χ2v) is 4.42. The number of amides is 1. The summed E-state index contributed by atoms with van der Waals surface area (Å²) in [5, 5.41) is 9.99. The lowest BCUT2D eigenvalue weighted by Crippen LogP contribution is -2.46. The van der Waals surface area contributed by atoms with E-state index in [1.54, 1.807) is 12.1 Å². The van der Waals surface area contributed by atoms with Crippen LogP contribution in [0.15, 0.2) is 24.5 Å². The van der Waals surface area contributed by atoms with Gasteiger partial charge < -0.3 is 15.7 Å². The Hall–Kier alpha value is -0.950. The number of carbonyl (C=O) groups excluding carboxylic acids is 1. The van der Waals surface area contributed by atoms with E-state index < -0.39 is 24.2 Å². The number of halogens is 3. The van der Waals surface area contributed by atoms with E-state index in [2.05, 4.69) is 4.98 Å². The fourth-order valence-corrected chi connectivity index (χ4v) is 2.03. The van der Waals surface area contributed by atoms with Crippen molar-refractivity contribution in [3.8, 4) is 0 Å². The molecule has 1 aromatic heterocycles. The highest BCUT2D eigenvalue weighted by Gasteiger charge is 2.32. The first-order valence-electron chi connectivity index (χ1n) is 5.86. The van der Waals surface area contributed by atoms with E-state index in [1.807, 2.05) is 0 Å². The predicted octanol–water partition coefficient (Wildman–Crippen LogP) is 0.856. The van der Waals surface area contributed by atoms with Crippen LogP contribution in [0.1, 0.15) is 18.1 Å². The van der Waals surface area contributed by atoms with Crippen LogP contribution in [-0.4, -0.2) is 46.2 Å². The third-order valence-electron chi connectivity index (χ3n) is 3.12. The minimum atomic E-state index is -1.10. The van der Waals surface area contributed by atoms with E-state index in [1.165, 1.54) is 17.3 Å². The molecule has 0 aliphatic carbocycles. The lowest BCUT2D eigenvalue weighted by atomic mass is 10.0. The molecule has 2 heterocycles. The van der Waals surface area contributed by atoms with Crippen LogP contribution in [-0.2, 0) is 4.79 Å². The van der Waals surface area contributed by atoms with E-state index in [0.29, 0.717) is 18.5 Å². The number of hydrogen-bond acceptors (Lipinski definition) is 4. The number of aliphatic hydroxyl groups is 1. The molecule has 0 saturated carbocycles. The van der Waals surface area contributed by atoms with E-state index in [-0.39, 0.29) is 31.4 Å². The molecule has 3 N–H and O–H groups in total. The quantitative estimate of drug-likeness (QED) is 0.863. The Bertz CT molecular complexity index is 424. The number of nitrogens with zero attached hydrogens (tertiary/aromatic N) is 2. The maximum atomic E-state index is 13.0. The molecule has 0 radical (unpaired) electrons. The third kappa shape index (κ3) is 4.28. The summed E-state index contributed by atoms with van der Waals surface area (Å²) in [4.78, 5) is 17.1. The van der Waals surface area contributed by atoms with Crippen molar-refractivity contribution in [1.29, 1.82) is 0 Å². The molecular formula is C12H18Cl2FN3O2. The maximum Gasteiger partial charge on any atom is 0.242 e. The number of nitrogens with two attached hydrogens (primary N) is 1. The largest absolute Gasteiger partial charge is 0.386 e. The lowest BCUT2D eigenvalue weighted by Gasteiger charge is -2.23. The summed E-state index contributed by atoms with van der Waals surface area (Å²) in [6.45, 7) is 0.423. The number of carbonyl (C=O) groups is 1. The van der Waals surface area contributed by atoms with Crippen LogP contribution >= 0.6 is 24.8 Å². The van der Waals surface area contributed by atoms with Gasteiger partial charge >= 0.3 is 0 Å². The Labute approximate surface area is 129 Å². The molecule has 3 atom stereocenters. The molecular weight excluding hydrogens is 308 g/mol. The number of aromatic nitrogens is 1.